The first kappa shape index (κ1) is 19.1. The number of halogens is 1. The van der Waals surface area contributed by atoms with Gasteiger partial charge < -0.3 is 10.1 Å². The van der Waals surface area contributed by atoms with Gasteiger partial charge >= 0.3 is 0 Å². The van der Waals surface area contributed by atoms with Gasteiger partial charge in [-0.25, -0.2) is 0 Å². The largest absolute Gasteiger partial charge is 0.508 e. The number of aromatic hydroxyl groups is 1. The average Bonchev–Trinajstić information content (AvgIpc) is 3.06. The molecule has 2 N–H and O–H groups in total. The van der Waals surface area contributed by atoms with Crippen molar-refractivity contribution in [3.8, 4) is 5.75 Å². The molecule has 3 nitrogen and oxygen atoms in total. The summed E-state index contributed by atoms with van der Waals surface area (Å²) in [4.78, 5) is 6.14. The fraction of sp³-hybridized carbons (Fsp3) is 0.333. The third-order valence-electron chi connectivity index (χ3n) is 6.23. The highest BCUT2D eigenvalue weighted by Crippen LogP contribution is 2.34. The van der Waals surface area contributed by atoms with Crippen LogP contribution in [0.15, 0.2) is 54.6 Å². The lowest BCUT2D eigenvalue weighted by atomic mass is 9.85. The predicted molar refractivity (Wildman–Crippen MR) is 118 cm³/mol. The van der Waals surface area contributed by atoms with Gasteiger partial charge in [-0.15, -0.1) is 12.4 Å². The Morgan fingerprint density at radius 3 is 2.71 bits per heavy atom. The average molecular weight is 395 g/mol. The van der Waals surface area contributed by atoms with Crippen molar-refractivity contribution in [1.29, 1.82) is 0 Å². The Morgan fingerprint density at radius 1 is 1.07 bits per heavy atom. The maximum absolute atomic E-state index is 9.73. The number of H-pyrrole nitrogens is 1. The van der Waals surface area contributed by atoms with Gasteiger partial charge in [0, 0.05) is 42.3 Å². The number of benzene rings is 2. The number of nitrogens with one attached hydrogen (secondary N) is 1. The zero-order chi connectivity index (χ0) is 18.2. The molecule has 0 saturated heterocycles. The number of aromatic nitrogens is 1. The van der Waals surface area contributed by atoms with Crippen molar-refractivity contribution in [1.82, 2.24) is 9.88 Å². The number of fused-ring (bicyclic) bond motifs is 3. The summed E-state index contributed by atoms with van der Waals surface area (Å²) in [6, 6.07) is 16.5. The molecule has 2 aliphatic rings. The van der Waals surface area contributed by atoms with Crippen LogP contribution in [0.4, 0.5) is 0 Å². The van der Waals surface area contributed by atoms with Crippen LogP contribution in [0.25, 0.3) is 16.5 Å². The molecule has 146 valence electrons. The molecule has 5 rings (SSSR count). The van der Waals surface area contributed by atoms with Crippen LogP contribution in [-0.4, -0.2) is 34.6 Å². The van der Waals surface area contributed by atoms with Gasteiger partial charge in [0.15, 0.2) is 0 Å². The van der Waals surface area contributed by atoms with Gasteiger partial charge in [-0.2, -0.15) is 0 Å². The molecule has 1 unspecified atom stereocenters. The molecule has 1 aromatic heterocycles. The Kier molecular flexibility index (Phi) is 5.47. The SMILES string of the molecule is Cl.Oc1ccc2c3c([nH]c2c1)CCC(CN1CC=C(c2ccccc2)CC1)C3. The summed E-state index contributed by atoms with van der Waals surface area (Å²) in [6.07, 6.45) is 7.08. The summed E-state index contributed by atoms with van der Waals surface area (Å²) in [6.45, 7) is 3.41. The molecule has 0 bridgehead atoms. The van der Waals surface area contributed by atoms with Crippen molar-refractivity contribution in [3.63, 3.8) is 0 Å². The molecule has 0 fully saturated rings. The van der Waals surface area contributed by atoms with Crippen LogP contribution in [0.3, 0.4) is 0 Å². The van der Waals surface area contributed by atoms with Gasteiger partial charge in [-0.05, 0) is 60.4 Å². The fourth-order valence-electron chi connectivity index (χ4n) is 4.80. The van der Waals surface area contributed by atoms with Crippen LogP contribution in [0.2, 0.25) is 0 Å². The Hall–Kier alpha value is -2.23. The van der Waals surface area contributed by atoms with Crippen LogP contribution in [0.5, 0.6) is 5.75 Å². The Bertz CT molecular complexity index is 993. The number of aromatic amines is 1. The van der Waals surface area contributed by atoms with Crippen LogP contribution < -0.4 is 0 Å². The minimum atomic E-state index is 0. The van der Waals surface area contributed by atoms with Crippen molar-refractivity contribution < 1.29 is 5.11 Å². The third kappa shape index (κ3) is 3.69. The summed E-state index contributed by atoms with van der Waals surface area (Å²) >= 11 is 0. The number of phenolic OH excluding ortho intramolecular Hbond substituents is 1. The van der Waals surface area contributed by atoms with Gasteiger partial charge in [-0.3, -0.25) is 4.90 Å². The molecular formula is C24H27ClN2O. The molecule has 2 aromatic carbocycles. The normalized spacial score (nSPS) is 19.7. The van der Waals surface area contributed by atoms with E-state index >= 15 is 0 Å². The van der Waals surface area contributed by atoms with Gasteiger partial charge in [0.2, 0.25) is 0 Å². The van der Waals surface area contributed by atoms with E-state index in [9.17, 15) is 5.11 Å². The molecule has 3 aromatic rings. The van der Waals surface area contributed by atoms with E-state index in [0.29, 0.717) is 5.75 Å². The van der Waals surface area contributed by atoms with Crippen molar-refractivity contribution in [2.24, 2.45) is 5.92 Å². The second kappa shape index (κ2) is 8.02. The van der Waals surface area contributed by atoms with Gasteiger partial charge in [0.25, 0.3) is 0 Å². The summed E-state index contributed by atoms with van der Waals surface area (Å²) in [5.41, 5.74) is 6.79. The van der Waals surface area contributed by atoms with E-state index in [-0.39, 0.29) is 12.4 Å². The highest BCUT2D eigenvalue weighted by molar-refractivity contribution is 5.86. The highest BCUT2D eigenvalue weighted by Gasteiger charge is 2.25. The van der Waals surface area contributed by atoms with E-state index < -0.39 is 0 Å². The van der Waals surface area contributed by atoms with Crippen LogP contribution in [-0.2, 0) is 12.8 Å². The first-order valence-electron chi connectivity index (χ1n) is 10.1. The van der Waals surface area contributed by atoms with Crippen LogP contribution >= 0.6 is 12.4 Å². The molecule has 1 aliphatic heterocycles. The molecule has 4 heteroatoms. The smallest absolute Gasteiger partial charge is 0.117 e. The topological polar surface area (TPSA) is 39.3 Å². The van der Waals surface area contributed by atoms with E-state index in [1.807, 2.05) is 6.07 Å². The highest BCUT2D eigenvalue weighted by atomic mass is 35.5. The molecule has 0 saturated carbocycles. The molecule has 0 spiro atoms. The zero-order valence-electron chi connectivity index (χ0n) is 16.0. The van der Waals surface area contributed by atoms with E-state index in [1.54, 1.807) is 6.07 Å². The lowest BCUT2D eigenvalue weighted by molar-refractivity contribution is 0.238. The second-order valence-electron chi connectivity index (χ2n) is 8.03. The summed E-state index contributed by atoms with van der Waals surface area (Å²) in [7, 11) is 0. The first-order valence-corrected chi connectivity index (χ1v) is 10.1. The summed E-state index contributed by atoms with van der Waals surface area (Å²) in [5, 5.41) is 11.0. The molecule has 0 amide bonds. The Balaban J connectivity index is 0.00000192. The van der Waals surface area contributed by atoms with Crippen LogP contribution in [0.1, 0.15) is 29.7 Å². The monoisotopic (exact) mass is 394 g/mol. The van der Waals surface area contributed by atoms with Gasteiger partial charge in [-0.1, -0.05) is 36.4 Å². The lowest BCUT2D eigenvalue weighted by Crippen LogP contribution is -2.35. The summed E-state index contributed by atoms with van der Waals surface area (Å²) in [5.74, 6) is 1.06. The zero-order valence-corrected chi connectivity index (χ0v) is 16.8. The van der Waals surface area contributed by atoms with Crippen molar-refractivity contribution >= 4 is 28.9 Å². The maximum atomic E-state index is 9.73. The van der Waals surface area contributed by atoms with E-state index in [4.69, 9.17) is 0 Å². The van der Waals surface area contributed by atoms with Crippen molar-refractivity contribution in [2.45, 2.75) is 25.7 Å². The maximum Gasteiger partial charge on any atom is 0.117 e. The van der Waals surface area contributed by atoms with Gasteiger partial charge in [0.1, 0.15) is 5.75 Å². The number of rotatable bonds is 3. The minimum absolute atomic E-state index is 0. The number of nitrogens with zero attached hydrogens (tertiary/aromatic N) is 1. The fourth-order valence-corrected chi connectivity index (χ4v) is 4.80. The number of aryl methyl sites for hydroxylation is 1. The standard InChI is InChI=1S/C24H26N2O.ClH/c27-20-7-8-21-22-14-17(6-9-23(22)25-24(21)15-20)16-26-12-10-19(11-13-26)18-4-2-1-3-5-18;/h1-5,7-8,10,15,17,25,27H,6,9,11-14,16H2;1H. The van der Waals surface area contributed by atoms with Crippen molar-refractivity contribution in [2.75, 3.05) is 19.6 Å². The summed E-state index contributed by atoms with van der Waals surface area (Å²) < 4.78 is 0. The van der Waals surface area contributed by atoms with Gasteiger partial charge in [0.05, 0.1) is 0 Å². The quantitative estimate of drug-likeness (QED) is 0.641. The van der Waals surface area contributed by atoms with E-state index in [2.05, 4.69) is 52.4 Å². The molecular weight excluding hydrogens is 368 g/mol. The minimum Gasteiger partial charge on any atom is -0.508 e. The molecule has 2 heterocycles. The van der Waals surface area contributed by atoms with E-state index in [0.717, 1.165) is 43.8 Å². The number of hydrogen-bond donors (Lipinski definition) is 2. The predicted octanol–water partition coefficient (Wildman–Crippen LogP) is 5.19. The number of hydrogen-bond acceptors (Lipinski definition) is 2. The van der Waals surface area contributed by atoms with Crippen LogP contribution in [0, 0.1) is 5.92 Å². The molecule has 28 heavy (non-hydrogen) atoms. The Labute approximate surface area is 172 Å². The van der Waals surface area contributed by atoms with Crippen molar-refractivity contribution in [3.05, 3.63) is 71.4 Å². The molecule has 0 radical (unpaired) electrons. The second-order valence-corrected chi connectivity index (χ2v) is 8.03. The third-order valence-corrected chi connectivity index (χ3v) is 6.23. The Morgan fingerprint density at radius 2 is 1.93 bits per heavy atom. The number of phenols is 1. The molecule has 1 aliphatic carbocycles. The molecule has 1 atom stereocenters. The first-order chi connectivity index (χ1) is 13.3. The van der Waals surface area contributed by atoms with E-state index in [1.165, 1.54) is 40.7 Å². The lowest BCUT2D eigenvalue weighted by Gasteiger charge is -2.32.